The first-order valence-corrected chi connectivity index (χ1v) is 15.8. The molecule has 0 saturated heterocycles. The number of pyridine rings is 1. The van der Waals surface area contributed by atoms with Crippen molar-refractivity contribution in [2.24, 2.45) is 5.92 Å². The molecule has 9 nitrogen and oxygen atoms in total. The highest BCUT2D eigenvalue weighted by atomic mass is 28.3. The van der Waals surface area contributed by atoms with E-state index < -0.39 is 8.07 Å². The Bertz CT molecular complexity index is 1190. The molecule has 1 saturated carbocycles. The first kappa shape index (κ1) is 24.4. The van der Waals surface area contributed by atoms with Gasteiger partial charge in [-0.25, -0.2) is 14.8 Å². The van der Waals surface area contributed by atoms with Crippen LogP contribution in [-0.2, 0) is 11.5 Å². The van der Waals surface area contributed by atoms with Crippen molar-refractivity contribution in [2.75, 3.05) is 19.0 Å². The van der Waals surface area contributed by atoms with Gasteiger partial charge in [0.15, 0.2) is 5.65 Å². The van der Waals surface area contributed by atoms with Gasteiger partial charge in [-0.1, -0.05) is 39.4 Å². The molecule has 1 fully saturated rings. The number of ether oxygens (including phenoxy) is 2. The smallest absolute Gasteiger partial charge is 0.332 e. The summed E-state index contributed by atoms with van der Waals surface area (Å²) in [5, 5.41) is 3.19. The molecule has 3 aromatic rings. The van der Waals surface area contributed by atoms with Crippen LogP contribution in [-0.4, -0.2) is 45.9 Å². The maximum atomic E-state index is 13.6. The van der Waals surface area contributed by atoms with E-state index in [9.17, 15) is 4.79 Å². The van der Waals surface area contributed by atoms with Gasteiger partial charge in [0.05, 0.1) is 13.3 Å². The summed E-state index contributed by atoms with van der Waals surface area (Å²) in [6, 6.07) is 4.84. The Labute approximate surface area is 201 Å². The van der Waals surface area contributed by atoms with Gasteiger partial charge in [0.1, 0.15) is 17.9 Å². The van der Waals surface area contributed by atoms with Gasteiger partial charge in [0, 0.05) is 26.9 Å². The summed E-state index contributed by atoms with van der Waals surface area (Å²) >= 11 is 0. The van der Waals surface area contributed by atoms with Crippen molar-refractivity contribution in [3.8, 4) is 5.88 Å². The van der Waals surface area contributed by atoms with Gasteiger partial charge in [-0.05, 0) is 36.9 Å². The molecule has 10 heteroatoms. The molecule has 184 valence electrons. The largest absolute Gasteiger partial charge is 0.480 e. The van der Waals surface area contributed by atoms with Crippen molar-refractivity contribution >= 4 is 30.9 Å². The fourth-order valence-corrected chi connectivity index (χ4v) is 5.28. The topological polar surface area (TPSA) is 96.1 Å². The highest BCUT2D eigenvalue weighted by Gasteiger charge is 2.29. The Kier molecular flexibility index (Phi) is 7.37. The molecule has 1 aliphatic rings. The van der Waals surface area contributed by atoms with Gasteiger partial charge < -0.3 is 14.8 Å². The van der Waals surface area contributed by atoms with Crippen LogP contribution in [0, 0.1) is 5.92 Å². The number of aromatic nitrogens is 5. The van der Waals surface area contributed by atoms with Crippen molar-refractivity contribution in [1.82, 2.24) is 24.1 Å². The molecular formula is C24H36N6O3Si. The fraction of sp³-hybridized carbons (Fsp3) is 0.583. The van der Waals surface area contributed by atoms with Crippen molar-refractivity contribution in [1.29, 1.82) is 0 Å². The number of nitrogens with one attached hydrogen (secondary N) is 1. The van der Waals surface area contributed by atoms with Crippen LogP contribution in [0.4, 0.5) is 11.6 Å². The molecule has 3 heterocycles. The van der Waals surface area contributed by atoms with Crippen molar-refractivity contribution < 1.29 is 9.47 Å². The van der Waals surface area contributed by atoms with Crippen LogP contribution in [0.25, 0.3) is 11.2 Å². The van der Waals surface area contributed by atoms with Gasteiger partial charge in [0.2, 0.25) is 11.8 Å². The van der Waals surface area contributed by atoms with Crippen LogP contribution in [0.1, 0.15) is 38.6 Å². The Morgan fingerprint density at radius 3 is 2.74 bits per heavy atom. The second-order valence-electron chi connectivity index (χ2n) is 10.3. The van der Waals surface area contributed by atoms with E-state index in [0.717, 1.165) is 25.3 Å². The molecule has 4 rings (SSSR count). The summed E-state index contributed by atoms with van der Waals surface area (Å²) in [7, 11) is 0.360. The molecule has 1 N–H and O–H groups in total. The molecule has 0 aliphatic heterocycles. The standard InChI is InChI=1S/C24H36N6O3Si/c1-17-9-6-7-11-19(17)30-21-20(29(24(30)31)16-33-13-14-34(3,4)5)15-26-23(28-21)27-18-10-8-12-25-22(18)32-2/h8,10,12,15,17,19H,6-7,9,11,13-14,16H2,1-5H3,(H,26,27,28)/t17-,19+/m1/s1. The second kappa shape index (κ2) is 10.3. The van der Waals surface area contributed by atoms with E-state index in [2.05, 4.69) is 41.8 Å². The summed E-state index contributed by atoms with van der Waals surface area (Å²) in [4.78, 5) is 27.1. The van der Waals surface area contributed by atoms with Crippen molar-refractivity contribution in [2.45, 2.75) is 71.1 Å². The number of hydrogen-bond donors (Lipinski definition) is 1. The second-order valence-corrected chi connectivity index (χ2v) is 16.0. The summed E-state index contributed by atoms with van der Waals surface area (Å²) in [5.41, 5.74) is 1.92. The zero-order chi connectivity index (χ0) is 24.3. The van der Waals surface area contributed by atoms with Gasteiger partial charge in [0.25, 0.3) is 0 Å². The maximum absolute atomic E-state index is 13.6. The lowest BCUT2D eigenvalue weighted by atomic mass is 9.86. The van der Waals surface area contributed by atoms with Crippen molar-refractivity contribution in [3.63, 3.8) is 0 Å². The maximum Gasteiger partial charge on any atom is 0.332 e. The third-order valence-corrected chi connectivity index (χ3v) is 8.24. The van der Waals surface area contributed by atoms with Crippen LogP contribution in [0.15, 0.2) is 29.3 Å². The van der Waals surface area contributed by atoms with Crippen molar-refractivity contribution in [3.05, 3.63) is 35.0 Å². The lowest BCUT2D eigenvalue weighted by Gasteiger charge is -2.29. The van der Waals surface area contributed by atoms with E-state index in [0.29, 0.717) is 41.2 Å². The predicted molar refractivity (Wildman–Crippen MR) is 137 cm³/mol. The number of methoxy groups -OCH3 is 1. The van der Waals surface area contributed by atoms with E-state index in [1.807, 2.05) is 16.7 Å². The molecule has 1 aliphatic carbocycles. The van der Waals surface area contributed by atoms with E-state index in [1.165, 1.54) is 6.42 Å². The Hall–Kier alpha value is -2.72. The molecule has 0 radical (unpaired) electrons. The Balaban J connectivity index is 1.71. The van der Waals surface area contributed by atoms with E-state index in [1.54, 1.807) is 24.1 Å². The average Bonchev–Trinajstić information content (AvgIpc) is 3.07. The zero-order valence-corrected chi connectivity index (χ0v) is 21.9. The molecule has 2 atom stereocenters. The molecule has 0 aromatic carbocycles. The average molecular weight is 485 g/mol. The lowest BCUT2D eigenvalue weighted by Crippen LogP contribution is -2.32. The summed E-state index contributed by atoms with van der Waals surface area (Å²) < 4.78 is 14.8. The number of imidazole rings is 1. The first-order chi connectivity index (χ1) is 16.3. The van der Waals surface area contributed by atoms with E-state index in [-0.39, 0.29) is 18.5 Å². The minimum atomic E-state index is -1.21. The monoisotopic (exact) mass is 484 g/mol. The molecule has 0 spiro atoms. The normalized spacial score (nSPS) is 18.9. The molecule has 0 amide bonds. The van der Waals surface area contributed by atoms with Crippen LogP contribution in [0.5, 0.6) is 5.88 Å². The fourth-order valence-electron chi connectivity index (χ4n) is 4.53. The minimum Gasteiger partial charge on any atom is -0.480 e. The first-order valence-electron chi connectivity index (χ1n) is 12.1. The van der Waals surface area contributed by atoms with Gasteiger partial charge >= 0.3 is 5.69 Å². The predicted octanol–water partition coefficient (Wildman–Crippen LogP) is 4.80. The quantitative estimate of drug-likeness (QED) is 0.344. The third kappa shape index (κ3) is 5.33. The molecule has 34 heavy (non-hydrogen) atoms. The Morgan fingerprint density at radius 1 is 1.21 bits per heavy atom. The SMILES string of the molecule is COc1ncccc1Nc1ncc2c(n1)n([C@H]1CCCC[C@H]1C)c(=O)n2COCC[Si](C)(C)C. The highest BCUT2D eigenvalue weighted by molar-refractivity contribution is 6.76. The number of fused-ring (bicyclic) bond motifs is 1. The number of hydrogen-bond acceptors (Lipinski definition) is 7. The third-order valence-electron chi connectivity index (χ3n) is 6.53. The van der Waals surface area contributed by atoms with Crippen LogP contribution in [0.3, 0.4) is 0 Å². The van der Waals surface area contributed by atoms with Gasteiger partial charge in [-0.2, -0.15) is 4.98 Å². The van der Waals surface area contributed by atoms with Gasteiger partial charge in [-0.15, -0.1) is 0 Å². The molecule has 0 bridgehead atoms. The van der Waals surface area contributed by atoms with Crippen LogP contribution < -0.4 is 15.7 Å². The molecule has 3 aromatic heterocycles. The van der Waals surface area contributed by atoms with Crippen LogP contribution in [0.2, 0.25) is 25.7 Å². The molecule has 0 unspecified atom stereocenters. The number of anilines is 2. The van der Waals surface area contributed by atoms with Gasteiger partial charge in [-0.3, -0.25) is 9.13 Å². The number of rotatable bonds is 9. The summed E-state index contributed by atoms with van der Waals surface area (Å²) in [6.07, 6.45) is 7.77. The Morgan fingerprint density at radius 2 is 2.00 bits per heavy atom. The minimum absolute atomic E-state index is 0.0767. The van der Waals surface area contributed by atoms with E-state index >= 15 is 0 Å². The highest BCUT2D eigenvalue weighted by Crippen LogP contribution is 2.34. The summed E-state index contributed by atoms with van der Waals surface area (Å²) in [6.45, 7) is 10.0. The lowest BCUT2D eigenvalue weighted by molar-refractivity contribution is 0.0863. The summed E-state index contributed by atoms with van der Waals surface area (Å²) in [5.74, 6) is 1.26. The van der Waals surface area contributed by atoms with Crippen LogP contribution >= 0.6 is 0 Å². The van der Waals surface area contributed by atoms with E-state index in [4.69, 9.17) is 14.5 Å². The molecular weight excluding hydrogens is 448 g/mol. The zero-order valence-electron chi connectivity index (χ0n) is 20.9. The number of nitrogens with zero attached hydrogens (tertiary/aromatic N) is 5.